The fourth-order valence-corrected chi connectivity index (χ4v) is 4.49. The van der Waals surface area contributed by atoms with Crippen molar-refractivity contribution < 1.29 is 0 Å². The van der Waals surface area contributed by atoms with E-state index in [0.717, 1.165) is 20.2 Å². The summed E-state index contributed by atoms with van der Waals surface area (Å²) in [5.74, 6) is 0. The number of fused-ring (bicyclic) bond motifs is 2. The van der Waals surface area contributed by atoms with Gasteiger partial charge in [0.05, 0.1) is 0 Å². The minimum absolute atomic E-state index is 0.0249. The number of hydrogen-bond acceptors (Lipinski definition) is 4. The van der Waals surface area contributed by atoms with Gasteiger partial charge in [-0.2, -0.15) is 0 Å². The lowest BCUT2D eigenvalue weighted by molar-refractivity contribution is 1.18. The van der Waals surface area contributed by atoms with Crippen molar-refractivity contribution in [1.29, 1.82) is 0 Å². The molecule has 2 aromatic heterocycles. The Morgan fingerprint density at radius 2 is 1.09 bits per heavy atom. The third kappa shape index (κ3) is 2.50. The minimum atomic E-state index is 0.0249. The Bertz CT molecular complexity index is 1050. The van der Waals surface area contributed by atoms with Gasteiger partial charge in [0.15, 0.2) is 10.9 Å². The molecule has 0 saturated carbocycles. The summed E-state index contributed by atoms with van der Waals surface area (Å²) in [4.78, 5) is 25.2. The number of rotatable bonds is 2. The van der Waals surface area contributed by atoms with E-state index in [1.165, 1.54) is 0 Å². The van der Waals surface area contributed by atoms with Gasteiger partial charge in [0.2, 0.25) is 0 Å². The van der Waals surface area contributed by atoms with Crippen LogP contribution in [0.25, 0.3) is 20.2 Å². The summed E-state index contributed by atoms with van der Waals surface area (Å²) in [5.41, 5.74) is 1.43. The van der Waals surface area contributed by atoms with Gasteiger partial charge < -0.3 is 0 Å². The van der Waals surface area contributed by atoms with E-state index in [2.05, 4.69) is 0 Å². The highest BCUT2D eigenvalue weighted by atomic mass is 32.1. The summed E-state index contributed by atoms with van der Waals surface area (Å²) in [5, 5.41) is 5.22. The summed E-state index contributed by atoms with van der Waals surface area (Å²) >= 11 is 3.10. The fraction of sp³-hybridized carbons (Fsp3) is 0.0526. The van der Waals surface area contributed by atoms with Gasteiger partial charge in [0.1, 0.15) is 0 Å². The van der Waals surface area contributed by atoms with E-state index < -0.39 is 0 Å². The van der Waals surface area contributed by atoms with Gasteiger partial charge in [0.25, 0.3) is 0 Å². The van der Waals surface area contributed by atoms with Crippen molar-refractivity contribution in [2.45, 2.75) is 6.42 Å². The van der Waals surface area contributed by atoms with Crippen LogP contribution in [0.15, 0.2) is 68.9 Å². The van der Waals surface area contributed by atoms with Crippen molar-refractivity contribution in [1.82, 2.24) is 0 Å². The molecule has 0 spiro atoms. The molecule has 2 heterocycles. The first-order valence-corrected chi connectivity index (χ1v) is 8.99. The quantitative estimate of drug-likeness (QED) is 0.543. The molecule has 0 amide bonds. The van der Waals surface area contributed by atoms with Crippen molar-refractivity contribution in [3.05, 3.63) is 90.9 Å². The average molecular weight is 336 g/mol. The van der Waals surface area contributed by atoms with Crippen LogP contribution in [0.3, 0.4) is 0 Å². The largest absolute Gasteiger partial charge is 0.289 e. The van der Waals surface area contributed by atoms with Crippen LogP contribution < -0.4 is 10.9 Å². The van der Waals surface area contributed by atoms with Crippen molar-refractivity contribution in [2.24, 2.45) is 0 Å². The maximum atomic E-state index is 12.6. The lowest BCUT2D eigenvalue weighted by atomic mass is 10.1. The van der Waals surface area contributed by atoms with E-state index in [1.807, 2.05) is 59.3 Å². The molecule has 4 heteroatoms. The Kier molecular flexibility index (Phi) is 3.56. The maximum Gasteiger partial charge on any atom is 0.191 e. The predicted molar refractivity (Wildman–Crippen MR) is 99.0 cm³/mol. The summed E-state index contributed by atoms with van der Waals surface area (Å²) in [6.07, 6.45) is 0.389. The molecule has 0 aliphatic carbocycles. The topological polar surface area (TPSA) is 34.1 Å². The van der Waals surface area contributed by atoms with Crippen LogP contribution in [0, 0.1) is 0 Å². The Morgan fingerprint density at radius 1 is 0.652 bits per heavy atom. The average Bonchev–Trinajstić information content (AvgIpc) is 2.60. The van der Waals surface area contributed by atoms with E-state index in [-0.39, 0.29) is 10.9 Å². The van der Waals surface area contributed by atoms with Crippen LogP contribution in [-0.4, -0.2) is 0 Å². The Morgan fingerprint density at radius 3 is 1.57 bits per heavy atom. The molecule has 2 aromatic carbocycles. The van der Waals surface area contributed by atoms with Crippen molar-refractivity contribution in [3.8, 4) is 0 Å². The van der Waals surface area contributed by atoms with Crippen LogP contribution in [0.4, 0.5) is 0 Å². The zero-order valence-electron chi connectivity index (χ0n) is 12.1. The van der Waals surface area contributed by atoms with E-state index in [4.69, 9.17) is 0 Å². The molecular formula is C19H12O2S2. The molecule has 0 aliphatic heterocycles. The van der Waals surface area contributed by atoms with E-state index >= 15 is 0 Å². The first kappa shape index (κ1) is 14.3. The van der Waals surface area contributed by atoms with Crippen molar-refractivity contribution >= 4 is 42.8 Å². The second kappa shape index (κ2) is 5.72. The molecule has 112 valence electrons. The molecule has 0 bridgehead atoms. The van der Waals surface area contributed by atoms with E-state index in [9.17, 15) is 9.59 Å². The summed E-state index contributed by atoms with van der Waals surface area (Å²) in [6, 6.07) is 15.2. The van der Waals surface area contributed by atoms with Crippen LogP contribution in [0.2, 0.25) is 0 Å². The third-order valence-electron chi connectivity index (χ3n) is 3.88. The molecule has 0 atom stereocenters. The SMILES string of the molecule is O=c1c(Cc2csc3ccccc3c2=O)csc2ccccc12. The molecule has 0 fully saturated rings. The molecule has 0 saturated heterocycles. The summed E-state index contributed by atoms with van der Waals surface area (Å²) in [7, 11) is 0. The lowest BCUT2D eigenvalue weighted by Crippen LogP contribution is -2.14. The molecule has 0 N–H and O–H groups in total. The van der Waals surface area contributed by atoms with E-state index in [1.54, 1.807) is 22.7 Å². The zero-order valence-corrected chi connectivity index (χ0v) is 13.7. The Balaban J connectivity index is 1.85. The predicted octanol–water partition coefficient (Wildman–Crippen LogP) is 4.43. The highest BCUT2D eigenvalue weighted by Gasteiger charge is 2.10. The monoisotopic (exact) mass is 336 g/mol. The lowest BCUT2D eigenvalue weighted by Gasteiger charge is -2.03. The zero-order chi connectivity index (χ0) is 15.8. The molecule has 4 rings (SSSR count). The Labute approximate surface area is 140 Å². The number of benzene rings is 2. The third-order valence-corrected chi connectivity index (χ3v) is 5.91. The molecule has 0 radical (unpaired) electrons. The fourth-order valence-electron chi connectivity index (χ4n) is 2.69. The summed E-state index contributed by atoms with van der Waals surface area (Å²) in [6.45, 7) is 0. The van der Waals surface area contributed by atoms with Crippen molar-refractivity contribution in [2.75, 3.05) is 0 Å². The van der Waals surface area contributed by atoms with Crippen LogP contribution in [0.5, 0.6) is 0 Å². The van der Waals surface area contributed by atoms with Crippen molar-refractivity contribution in [3.63, 3.8) is 0 Å². The second-order valence-corrected chi connectivity index (χ2v) is 7.17. The maximum absolute atomic E-state index is 12.6. The van der Waals surface area contributed by atoms with Gasteiger partial charge in [-0.3, -0.25) is 9.59 Å². The van der Waals surface area contributed by atoms with Gasteiger partial charge in [-0.05, 0) is 35.0 Å². The van der Waals surface area contributed by atoms with Crippen LogP contribution in [0.1, 0.15) is 11.1 Å². The summed E-state index contributed by atoms with van der Waals surface area (Å²) < 4.78 is 1.95. The standard InChI is InChI=1S/C19H12O2S2/c20-18-12(10-22-16-7-3-1-5-14(16)18)9-13-11-23-17-8-4-2-6-15(17)19(13)21/h1-8,10-11H,9H2. The van der Waals surface area contributed by atoms with E-state index in [0.29, 0.717) is 17.5 Å². The first-order valence-electron chi connectivity index (χ1n) is 7.23. The molecular weight excluding hydrogens is 324 g/mol. The van der Waals surface area contributed by atoms with Gasteiger partial charge >= 0.3 is 0 Å². The minimum Gasteiger partial charge on any atom is -0.289 e. The van der Waals surface area contributed by atoms with Gasteiger partial charge in [-0.1, -0.05) is 24.3 Å². The molecule has 4 aromatic rings. The molecule has 2 nitrogen and oxygen atoms in total. The second-order valence-electron chi connectivity index (χ2n) is 5.35. The first-order chi connectivity index (χ1) is 11.2. The normalized spacial score (nSPS) is 11.1. The molecule has 23 heavy (non-hydrogen) atoms. The van der Waals surface area contributed by atoms with Crippen LogP contribution in [-0.2, 0) is 6.42 Å². The highest BCUT2D eigenvalue weighted by Crippen LogP contribution is 2.20. The molecule has 0 unspecified atom stereocenters. The Hall–Kier alpha value is -2.30. The smallest absolute Gasteiger partial charge is 0.191 e. The number of hydrogen-bond donors (Lipinski definition) is 0. The highest BCUT2D eigenvalue weighted by molar-refractivity contribution is 7.17. The van der Waals surface area contributed by atoms with Gasteiger partial charge in [-0.25, -0.2) is 0 Å². The van der Waals surface area contributed by atoms with Crippen LogP contribution >= 0.6 is 22.7 Å². The van der Waals surface area contributed by atoms with Gasteiger partial charge in [0, 0.05) is 37.7 Å². The van der Waals surface area contributed by atoms with Gasteiger partial charge in [-0.15, -0.1) is 22.7 Å². The molecule has 0 aliphatic rings.